The number of carbonyl (C=O) groups excluding carboxylic acids is 2. The topological polar surface area (TPSA) is 67.9 Å². The van der Waals surface area contributed by atoms with Gasteiger partial charge in [-0.3, -0.25) is 9.59 Å². The van der Waals surface area contributed by atoms with E-state index in [0.29, 0.717) is 19.6 Å². The van der Waals surface area contributed by atoms with Gasteiger partial charge in [0.1, 0.15) is 6.61 Å². The molecular weight excluding hydrogens is 320 g/mol. The summed E-state index contributed by atoms with van der Waals surface area (Å²) in [4.78, 5) is 25.4. The lowest BCUT2D eigenvalue weighted by Crippen LogP contribution is -2.30. The molecule has 1 aromatic carbocycles. The van der Waals surface area contributed by atoms with Gasteiger partial charge in [-0.15, -0.1) is 0 Å². The maximum absolute atomic E-state index is 11.8. The summed E-state index contributed by atoms with van der Waals surface area (Å²) >= 11 is 0. The summed E-state index contributed by atoms with van der Waals surface area (Å²) in [5.74, 6) is 0.0507. The van der Waals surface area contributed by atoms with Crippen LogP contribution in [0.15, 0.2) is 24.3 Å². The van der Waals surface area contributed by atoms with E-state index in [4.69, 9.17) is 9.47 Å². The van der Waals surface area contributed by atoms with Crippen LogP contribution in [0.1, 0.15) is 37.7 Å². The molecule has 2 saturated heterocycles. The number of rotatable bonds is 7. The van der Waals surface area contributed by atoms with E-state index in [9.17, 15) is 9.59 Å². The summed E-state index contributed by atoms with van der Waals surface area (Å²) in [5.41, 5.74) is 1.92. The van der Waals surface area contributed by atoms with E-state index in [0.717, 1.165) is 43.7 Å². The Labute approximate surface area is 148 Å². The fraction of sp³-hybridized carbons (Fsp3) is 0.579. The van der Waals surface area contributed by atoms with E-state index >= 15 is 0 Å². The van der Waals surface area contributed by atoms with Crippen LogP contribution in [0.3, 0.4) is 0 Å². The van der Waals surface area contributed by atoms with E-state index < -0.39 is 0 Å². The highest BCUT2D eigenvalue weighted by molar-refractivity contribution is 5.95. The summed E-state index contributed by atoms with van der Waals surface area (Å²) in [6.45, 7) is 2.57. The van der Waals surface area contributed by atoms with Crippen molar-refractivity contribution in [3.63, 3.8) is 0 Å². The molecule has 1 unspecified atom stereocenters. The first-order valence-electron chi connectivity index (χ1n) is 9.08. The lowest BCUT2D eigenvalue weighted by molar-refractivity contribution is -0.128. The molecule has 0 radical (unpaired) electrons. The number of amides is 2. The fourth-order valence-corrected chi connectivity index (χ4v) is 3.19. The number of nitrogens with one attached hydrogen (secondary N) is 1. The number of benzene rings is 1. The van der Waals surface area contributed by atoms with Gasteiger partial charge in [-0.2, -0.15) is 0 Å². The molecule has 6 nitrogen and oxygen atoms in total. The van der Waals surface area contributed by atoms with Crippen molar-refractivity contribution in [3.8, 4) is 0 Å². The third kappa shape index (κ3) is 5.28. The Morgan fingerprint density at radius 1 is 1.24 bits per heavy atom. The average Bonchev–Trinajstić information content (AvgIpc) is 3.07. The first-order chi connectivity index (χ1) is 12.2. The summed E-state index contributed by atoms with van der Waals surface area (Å²) in [6.07, 6.45) is 4.96. The summed E-state index contributed by atoms with van der Waals surface area (Å²) < 4.78 is 11.0. The Morgan fingerprint density at radius 2 is 2.08 bits per heavy atom. The van der Waals surface area contributed by atoms with Gasteiger partial charge in [0.25, 0.3) is 0 Å². The zero-order valence-electron chi connectivity index (χ0n) is 14.5. The molecule has 0 saturated carbocycles. The van der Waals surface area contributed by atoms with Gasteiger partial charge in [-0.1, -0.05) is 12.1 Å². The zero-order chi connectivity index (χ0) is 17.5. The molecule has 1 atom stereocenters. The largest absolute Gasteiger partial charge is 0.376 e. The molecule has 0 aromatic heterocycles. The zero-order valence-corrected chi connectivity index (χ0v) is 14.5. The maximum atomic E-state index is 11.8. The van der Waals surface area contributed by atoms with Crippen molar-refractivity contribution >= 4 is 17.5 Å². The summed E-state index contributed by atoms with van der Waals surface area (Å²) in [5, 5.41) is 2.85. The normalized spacial score (nSPS) is 20.7. The van der Waals surface area contributed by atoms with Crippen LogP contribution in [0.4, 0.5) is 5.69 Å². The molecule has 6 heteroatoms. The maximum Gasteiger partial charge on any atom is 0.246 e. The first kappa shape index (κ1) is 17.9. The molecule has 25 heavy (non-hydrogen) atoms. The highest BCUT2D eigenvalue weighted by Gasteiger charge is 2.21. The molecule has 0 bridgehead atoms. The van der Waals surface area contributed by atoms with Crippen molar-refractivity contribution in [1.82, 2.24) is 5.32 Å². The second-order valence-corrected chi connectivity index (χ2v) is 6.60. The molecule has 0 spiro atoms. The van der Waals surface area contributed by atoms with Crippen LogP contribution in [0, 0.1) is 0 Å². The predicted octanol–water partition coefficient (Wildman–Crippen LogP) is 2.02. The molecule has 2 aliphatic rings. The van der Waals surface area contributed by atoms with E-state index in [2.05, 4.69) is 5.32 Å². The van der Waals surface area contributed by atoms with Crippen molar-refractivity contribution in [1.29, 1.82) is 0 Å². The SMILES string of the molecule is O=C(COCC1CCCCO1)NCc1ccc(N2CCCC2=O)cc1. The molecule has 0 aliphatic carbocycles. The predicted molar refractivity (Wildman–Crippen MR) is 94.3 cm³/mol. The molecular formula is C19H26N2O4. The van der Waals surface area contributed by atoms with Gasteiger partial charge in [0, 0.05) is 31.8 Å². The van der Waals surface area contributed by atoms with Crippen molar-refractivity contribution in [2.75, 3.05) is 31.3 Å². The molecule has 3 rings (SSSR count). The second-order valence-electron chi connectivity index (χ2n) is 6.60. The van der Waals surface area contributed by atoms with Crippen LogP contribution in [0.5, 0.6) is 0 Å². The first-order valence-corrected chi connectivity index (χ1v) is 9.08. The lowest BCUT2D eigenvalue weighted by Gasteiger charge is -2.22. The average molecular weight is 346 g/mol. The van der Waals surface area contributed by atoms with Crippen LogP contribution in [-0.4, -0.2) is 44.3 Å². The summed E-state index contributed by atoms with van der Waals surface area (Å²) in [6, 6.07) is 7.75. The second kappa shape index (κ2) is 8.97. The van der Waals surface area contributed by atoms with Gasteiger partial charge in [-0.25, -0.2) is 0 Å². The Hall–Kier alpha value is -1.92. The Balaban J connectivity index is 1.36. The van der Waals surface area contributed by atoms with Crippen molar-refractivity contribution in [2.45, 2.75) is 44.8 Å². The number of nitrogens with zero attached hydrogens (tertiary/aromatic N) is 1. The minimum Gasteiger partial charge on any atom is -0.376 e. The standard InChI is InChI=1S/C19H26N2O4/c22-18(14-24-13-17-4-1-2-11-25-17)20-12-15-6-8-16(9-7-15)21-10-3-5-19(21)23/h6-9,17H,1-5,10-14H2,(H,20,22). The third-order valence-corrected chi connectivity index (χ3v) is 4.62. The number of anilines is 1. The van der Waals surface area contributed by atoms with Gasteiger partial charge in [0.05, 0.1) is 12.7 Å². The van der Waals surface area contributed by atoms with E-state index in [-0.39, 0.29) is 24.5 Å². The number of carbonyl (C=O) groups is 2. The van der Waals surface area contributed by atoms with Crippen LogP contribution in [0.2, 0.25) is 0 Å². The quantitative estimate of drug-likeness (QED) is 0.820. The van der Waals surface area contributed by atoms with Gasteiger partial charge < -0.3 is 19.7 Å². The van der Waals surface area contributed by atoms with Crippen molar-refractivity contribution in [3.05, 3.63) is 29.8 Å². The highest BCUT2D eigenvalue weighted by atomic mass is 16.5. The number of hydrogen-bond donors (Lipinski definition) is 1. The van der Waals surface area contributed by atoms with Crippen molar-refractivity contribution < 1.29 is 19.1 Å². The van der Waals surface area contributed by atoms with Crippen LogP contribution >= 0.6 is 0 Å². The van der Waals surface area contributed by atoms with Crippen LogP contribution in [0.25, 0.3) is 0 Å². The molecule has 136 valence electrons. The Kier molecular flexibility index (Phi) is 6.42. The van der Waals surface area contributed by atoms with Gasteiger partial charge in [0.15, 0.2) is 0 Å². The third-order valence-electron chi connectivity index (χ3n) is 4.62. The minimum absolute atomic E-state index is 0.0558. The highest BCUT2D eigenvalue weighted by Crippen LogP contribution is 2.21. The van der Waals surface area contributed by atoms with E-state index in [1.807, 2.05) is 29.2 Å². The minimum atomic E-state index is -0.130. The van der Waals surface area contributed by atoms with E-state index in [1.165, 1.54) is 6.42 Å². The molecule has 1 N–H and O–H groups in total. The van der Waals surface area contributed by atoms with Gasteiger partial charge >= 0.3 is 0 Å². The number of hydrogen-bond acceptors (Lipinski definition) is 4. The van der Waals surface area contributed by atoms with Gasteiger partial charge in [-0.05, 0) is 43.4 Å². The monoisotopic (exact) mass is 346 g/mol. The summed E-state index contributed by atoms with van der Waals surface area (Å²) in [7, 11) is 0. The molecule has 1 aromatic rings. The number of ether oxygens (including phenoxy) is 2. The molecule has 2 fully saturated rings. The van der Waals surface area contributed by atoms with Gasteiger partial charge in [0.2, 0.25) is 11.8 Å². The molecule has 2 aliphatic heterocycles. The Morgan fingerprint density at radius 3 is 2.76 bits per heavy atom. The smallest absolute Gasteiger partial charge is 0.246 e. The van der Waals surface area contributed by atoms with Crippen LogP contribution in [-0.2, 0) is 25.6 Å². The lowest BCUT2D eigenvalue weighted by atomic mass is 10.1. The van der Waals surface area contributed by atoms with Crippen molar-refractivity contribution in [2.24, 2.45) is 0 Å². The molecule has 2 amide bonds. The van der Waals surface area contributed by atoms with Crippen LogP contribution < -0.4 is 10.2 Å². The Bertz CT molecular complexity index is 582. The fourth-order valence-electron chi connectivity index (χ4n) is 3.19. The molecule has 2 heterocycles. The van der Waals surface area contributed by atoms with E-state index in [1.54, 1.807) is 0 Å².